The van der Waals surface area contributed by atoms with Crippen molar-refractivity contribution in [2.24, 2.45) is 0 Å². The second kappa shape index (κ2) is 9.78. The third-order valence-electron chi connectivity index (χ3n) is 4.18. The zero-order valence-electron chi connectivity index (χ0n) is 16.2. The zero-order valence-corrected chi connectivity index (χ0v) is 19.3. The predicted molar refractivity (Wildman–Crippen MR) is 124 cm³/mol. The first kappa shape index (κ1) is 23.2. The summed E-state index contributed by atoms with van der Waals surface area (Å²) >= 11 is 18.0. The van der Waals surface area contributed by atoms with Gasteiger partial charge in [0.05, 0.1) is 17.7 Å². The number of hydrogen-bond acceptors (Lipinski definition) is 4. The van der Waals surface area contributed by atoms with Crippen LogP contribution in [0.4, 0.5) is 11.4 Å². The molecular formula is C21H17Cl3N2O4S. The summed E-state index contributed by atoms with van der Waals surface area (Å²) in [5, 5.41) is 3.61. The lowest BCUT2D eigenvalue weighted by molar-refractivity contribution is -0.114. The van der Waals surface area contributed by atoms with Crippen LogP contribution in [0, 0.1) is 0 Å². The maximum absolute atomic E-state index is 13.4. The number of rotatable bonds is 7. The maximum atomic E-state index is 13.4. The quantitative estimate of drug-likeness (QED) is 0.466. The molecule has 0 aromatic heterocycles. The van der Waals surface area contributed by atoms with Crippen LogP contribution in [-0.4, -0.2) is 28.0 Å². The Morgan fingerprint density at radius 2 is 1.58 bits per heavy atom. The second-order valence-electron chi connectivity index (χ2n) is 6.37. The van der Waals surface area contributed by atoms with Crippen molar-refractivity contribution in [3.63, 3.8) is 0 Å². The van der Waals surface area contributed by atoms with Gasteiger partial charge in [0.1, 0.15) is 12.3 Å². The van der Waals surface area contributed by atoms with E-state index in [1.807, 2.05) is 0 Å². The number of hydrogen-bond donors (Lipinski definition) is 1. The highest BCUT2D eigenvalue weighted by Crippen LogP contribution is 2.28. The topological polar surface area (TPSA) is 75.7 Å². The molecule has 10 heteroatoms. The summed E-state index contributed by atoms with van der Waals surface area (Å²) in [7, 11) is -2.61. The van der Waals surface area contributed by atoms with E-state index in [1.54, 1.807) is 18.2 Å². The number of halogens is 3. The number of nitrogens with one attached hydrogen (secondary N) is 1. The number of ether oxygens (including phenoxy) is 1. The van der Waals surface area contributed by atoms with Crippen LogP contribution in [0.2, 0.25) is 15.1 Å². The van der Waals surface area contributed by atoms with E-state index in [1.165, 1.54) is 55.6 Å². The van der Waals surface area contributed by atoms with Crippen molar-refractivity contribution in [3.8, 4) is 5.75 Å². The van der Waals surface area contributed by atoms with Crippen LogP contribution in [0.1, 0.15) is 0 Å². The first-order valence-corrected chi connectivity index (χ1v) is 11.4. The molecule has 0 saturated carbocycles. The molecule has 6 nitrogen and oxygen atoms in total. The molecule has 0 atom stereocenters. The molecule has 0 saturated heterocycles. The Bertz CT molecular complexity index is 1180. The maximum Gasteiger partial charge on any atom is 0.264 e. The number of carbonyl (C=O) groups is 1. The Morgan fingerprint density at radius 1 is 0.935 bits per heavy atom. The van der Waals surface area contributed by atoms with Gasteiger partial charge >= 0.3 is 0 Å². The number of sulfonamides is 1. The van der Waals surface area contributed by atoms with Gasteiger partial charge in [-0.25, -0.2) is 8.42 Å². The van der Waals surface area contributed by atoms with Gasteiger partial charge < -0.3 is 10.1 Å². The molecule has 0 bridgehead atoms. The number of carbonyl (C=O) groups excluding carboxylic acids is 1. The molecule has 0 fully saturated rings. The first-order chi connectivity index (χ1) is 14.7. The lowest BCUT2D eigenvalue weighted by Crippen LogP contribution is -2.38. The van der Waals surface area contributed by atoms with Gasteiger partial charge in [-0.3, -0.25) is 9.10 Å². The van der Waals surface area contributed by atoms with Crippen molar-refractivity contribution in [1.29, 1.82) is 0 Å². The first-order valence-electron chi connectivity index (χ1n) is 8.87. The third-order valence-corrected chi connectivity index (χ3v) is 6.64. The SMILES string of the molecule is COc1ccc(S(=O)(=O)N(CC(=O)Nc2cc(Cl)cc(Cl)c2)c2cccc(Cl)c2)cc1. The fourth-order valence-electron chi connectivity index (χ4n) is 2.78. The van der Waals surface area contributed by atoms with Gasteiger partial charge in [-0.2, -0.15) is 0 Å². The summed E-state index contributed by atoms with van der Waals surface area (Å²) in [5.41, 5.74) is 0.581. The van der Waals surface area contributed by atoms with Crippen molar-refractivity contribution in [2.45, 2.75) is 4.90 Å². The standard InChI is InChI=1S/C21H17Cl3N2O4S/c1-30-19-5-7-20(8-6-19)31(28,29)26(18-4-2-3-14(22)12-18)13-21(27)25-17-10-15(23)9-16(24)11-17/h2-12H,13H2,1H3,(H,25,27). The highest BCUT2D eigenvalue weighted by Gasteiger charge is 2.27. The van der Waals surface area contributed by atoms with Crippen molar-refractivity contribution in [1.82, 2.24) is 0 Å². The molecule has 1 N–H and O–H groups in total. The van der Waals surface area contributed by atoms with E-state index in [4.69, 9.17) is 39.5 Å². The van der Waals surface area contributed by atoms with Crippen molar-refractivity contribution >= 4 is 62.1 Å². The smallest absolute Gasteiger partial charge is 0.264 e. The molecule has 3 aromatic carbocycles. The molecule has 0 aliphatic carbocycles. The lowest BCUT2D eigenvalue weighted by atomic mass is 10.3. The van der Waals surface area contributed by atoms with Crippen molar-refractivity contribution in [3.05, 3.63) is 81.8 Å². The minimum Gasteiger partial charge on any atom is -0.497 e. The van der Waals surface area contributed by atoms with Gasteiger partial charge in [-0.05, 0) is 60.7 Å². The van der Waals surface area contributed by atoms with Crippen LogP contribution in [0.5, 0.6) is 5.75 Å². The molecule has 0 aliphatic heterocycles. The van der Waals surface area contributed by atoms with Crippen LogP contribution in [0.15, 0.2) is 71.6 Å². The van der Waals surface area contributed by atoms with Gasteiger partial charge in [-0.15, -0.1) is 0 Å². The van der Waals surface area contributed by atoms with Gasteiger partial charge in [-0.1, -0.05) is 40.9 Å². The Morgan fingerprint density at radius 3 is 2.16 bits per heavy atom. The molecule has 1 amide bonds. The Kier molecular flexibility index (Phi) is 7.33. The van der Waals surface area contributed by atoms with Crippen LogP contribution in [0.25, 0.3) is 0 Å². The largest absolute Gasteiger partial charge is 0.497 e. The van der Waals surface area contributed by atoms with Crippen LogP contribution in [-0.2, 0) is 14.8 Å². The summed E-state index contributed by atoms with van der Waals surface area (Å²) in [4.78, 5) is 12.7. The Hall–Kier alpha value is -2.45. The number of benzene rings is 3. The van der Waals surface area contributed by atoms with E-state index in [0.29, 0.717) is 26.5 Å². The molecular weight excluding hydrogens is 483 g/mol. The van der Waals surface area contributed by atoms with E-state index in [2.05, 4.69) is 5.32 Å². The van der Waals surface area contributed by atoms with Crippen LogP contribution >= 0.6 is 34.8 Å². The Labute approximate surface area is 195 Å². The minimum absolute atomic E-state index is 0.00752. The normalized spacial score (nSPS) is 11.1. The highest BCUT2D eigenvalue weighted by atomic mass is 35.5. The van der Waals surface area contributed by atoms with Gasteiger partial charge in [0.2, 0.25) is 5.91 Å². The van der Waals surface area contributed by atoms with Gasteiger partial charge in [0.25, 0.3) is 10.0 Å². The van der Waals surface area contributed by atoms with E-state index >= 15 is 0 Å². The van der Waals surface area contributed by atoms with Gasteiger partial charge in [0, 0.05) is 20.8 Å². The van der Waals surface area contributed by atoms with E-state index in [0.717, 1.165) is 4.31 Å². The van der Waals surface area contributed by atoms with Crippen LogP contribution in [0.3, 0.4) is 0 Å². The van der Waals surface area contributed by atoms with Gasteiger partial charge in [0.15, 0.2) is 0 Å². The van der Waals surface area contributed by atoms with E-state index in [-0.39, 0.29) is 10.6 Å². The molecule has 0 spiro atoms. The van der Waals surface area contributed by atoms with Crippen molar-refractivity contribution < 1.29 is 17.9 Å². The highest BCUT2D eigenvalue weighted by molar-refractivity contribution is 7.92. The fourth-order valence-corrected chi connectivity index (χ4v) is 4.90. The van der Waals surface area contributed by atoms with E-state index < -0.39 is 22.5 Å². The molecule has 0 heterocycles. The summed E-state index contributed by atoms with van der Waals surface area (Å²) in [6, 6.07) is 16.6. The third kappa shape index (κ3) is 5.83. The average Bonchev–Trinajstić information content (AvgIpc) is 2.71. The van der Waals surface area contributed by atoms with Crippen LogP contribution < -0.4 is 14.4 Å². The van der Waals surface area contributed by atoms with Crippen molar-refractivity contribution in [2.75, 3.05) is 23.3 Å². The number of amides is 1. The summed E-state index contributed by atoms with van der Waals surface area (Å²) < 4.78 is 32.8. The molecule has 162 valence electrons. The number of nitrogens with zero attached hydrogens (tertiary/aromatic N) is 1. The molecule has 0 unspecified atom stereocenters. The fraction of sp³-hybridized carbons (Fsp3) is 0.0952. The summed E-state index contributed by atoms with van der Waals surface area (Å²) in [6.07, 6.45) is 0. The molecule has 3 rings (SSSR count). The number of anilines is 2. The van der Waals surface area contributed by atoms with E-state index in [9.17, 15) is 13.2 Å². The average molecular weight is 500 g/mol. The summed E-state index contributed by atoms with van der Waals surface area (Å²) in [6.45, 7) is -0.501. The minimum atomic E-state index is -4.09. The Balaban J connectivity index is 1.95. The lowest BCUT2D eigenvalue weighted by Gasteiger charge is -2.24. The second-order valence-corrected chi connectivity index (χ2v) is 9.54. The zero-order chi connectivity index (χ0) is 22.6. The molecule has 31 heavy (non-hydrogen) atoms. The monoisotopic (exact) mass is 498 g/mol. The molecule has 3 aromatic rings. The number of methoxy groups -OCH3 is 1. The summed E-state index contributed by atoms with van der Waals surface area (Å²) in [5.74, 6) is -0.0840. The predicted octanol–water partition coefficient (Wildman–Crippen LogP) is 5.49. The molecule has 0 radical (unpaired) electrons. The molecule has 0 aliphatic rings.